The van der Waals surface area contributed by atoms with Crippen molar-refractivity contribution in [2.24, 2.45) is 0 Å². The van der Waals surface area contributed by atoms with Crippen LogP contribution in [0.4, 0.5) is 5.69 Å². The maximum Gasteiger partial charge on any atom is 0.119 e. The minimum Gasteiger partial charge on any atom is -0.497 e. The van der Waals surface area contributed by atoms with Crippen LogP contribution in [0.25, 0.3) is 0 Å². The van der Waals surface area contributed by atoms with E-state index in [9.17, 15) is 10.2 Å². The molecule has 3 unspecified atom stereocenters. The molecule has 18 heavy (non-hydrogen) atoms. The summed E-state index contributed by atoms with van der Waals surface area (Å²) in [6.07, 6.45) is 1.26. The van der Waals surface area contributed by atoms with Gasteiger partial charge in [0, 0.05) is 12.7 Å². The third-order valence-electron chi connectivity index (χ3n) is 3.77. The summed E-state index contributed by atoms with van der Waals surface area (Å²) in [5.74, 6) is 0.816. The number of aliphatic hydroxyl groups is 2. The van der Waals surface area contributed by atoms with Gasteiger partial charge in [0.05, 0.1) is 19.3 Å². The Labute approximate surface area is 108 Å². The lowest BCUT2D eigenvalue weighted by Crippen LogP contribution is -2.50. The van der Waals surface area contributed by atoms with E-state index in [1.54, 1.807) is 7.11 Å². The highest BCUT2D eigenvalue weighted by Crippen LogP contribution is 2.27. The van der Waals surface area contributed by atoms with Gasteiger partial charge < -0.3 is 19.8 Å². The van der Waals surface area contributed by atoms with E-state index in [0.29, 0.717) is 6.42 Å². The summed E-state index contributed by atoms with van der Waals surface area (Å²) < 4.78 is 5.12. The molecule has 0 amide bonds. The first-order valence-corrected chi connectivity index (χ1v) is 6.36. The van der Waals surface area contributed by atoms with E-state index in [4.69, 9.17) is 4.74 Å². The number of benzene rings is 1. The fourth-order valence-corrected chi connectivity index (χ4v) is 2.57. The zero-order chi connectivity index (χ0) is 13.1. The van der Waals surface area contributed by atoms with Crippen molar-refractivity contribution in [2.45, 2.75) is 37.5 Å². The van der Waals surface area contributed by atoms with E-state index >= 15 is 0 Å². The molecule has 4 nitrogen and oxygen atoms in total. The van der Waals surface area contributed by atoms with Crippen molar-refractivity contribution in [3.05, 3.63) is 24.3 Å². The number of nitrogens with zero attached hydrogens (tertiary/aromatic N) is 1. The molecule has 0 heterocycles. The van der Waals surface area contributed by atoms with Crippen molar-refractivity contribution in [3.63, 3.8) is 0 Å². The van der Waals surface area contributed by atoms with Gasteiger partial charge in [0.15, 0.2) is 0 Å². The lowest BCUT2D eigenvalue weighted by molar-refractivity contribution is -0.0215. The standard InChI is InChI=1S/C14H21NO3/c1-15(10-6-8-11(18-2)9-7-10)12-4-3-5-13(16)14(12)17/h6-9,12-14,16-17H,3-5H2,1-2H3. The Morgan fingerprint density at radius 2 is 1.83 bits per heavy atom. The maximum atomic E-state index is 10.1. The Bertz CT molecular complexity index is 379. The Balaban J connectivity index is 2.11. The second-order valence-electron chi connectivity index (χ2n) is 4.87. The van der Waals surface area contributed by atoms with Crippen LogP contribution < -0.4 is 9.64 Å². The molecule has 1 aromatic carbocycles. The molecule has 1 aromatic rings. The molecule has 0 saturated heterocycles. The number of anilines is 1. The normalized spacial score (nSPS) is 27.9. The predicted molar refractivity (Wildman–Crippen MR) is 71.0 cm³/mol. The average molecular weight is 251 g/mol. The number of hydrogen-bond acceptors (Lipinski definition) is 4. The molecule has 100 valence electrons. The molecule has 1 saturated carbocycles. The van der Waals surface area contributed by atoms with Gasteiger partial charge in [-0.3, -0.25) is 0 Å². The summed E-state index contributed by atoms with van der Waals surface area (Å²) >= 11 is 0. The quantitative estimate of drug-likeness (QED) is 0.853. The molecular weight excluding hydrogens is 230 g/mol. The Morgan fingerprint density at radius 3 is 2.44 bits per heavy atom. The molecule has 4 heteroatoms. The molecule has 3 atom stereocenters. The molecular formula is C14H21NO3. The zero-order valence-electron chi connectivity index (χ0n) is 10.9. The lowest BCUT2D eigenvalue weighted by Gasteiger charge is -2.39. The summed E-state index contributed by atoms with van der Waals surface area (Å²) in [5.41, 5.74) is 1.02. The predicted octanol–water partition coefficient (Wildman–Crippen LogP) is 1.41. The number of rotatable bonds is 3. The third kappa shape index (κ3) is 2.60. The number of methoxy groups -OCH3 is 1. The van der Waals surface area contributed by atoms with Crippen LogP contribution in [0.3, 0.4) is 0 Å². The van der Waals surface area contributed by atoms with Crippen molar-refractivity contribution >= 4 is 5.69 Å². The van der Waals surface area contributed by atoms with Gasteiger partial charge in [-0.15, -0.1) is 0 Å². The summed E-state index contributed by atoms with van der Waals surface area (Å²) in [5, 5.41) is 19.8. The number of aliphatic hydroxyl groups excluding tert-OH is 2. The Kier molecular flexibility index (Phi) is 4.09. The van der Waals surface area contributed by atoms with E-state index in [1.807, 2.05) is 36.2 Å². The highest BCUT2D eigenvalue weighted by Gasteiger charge is 2.33. The van der Waals surface area contributed by atoms with Crippen LogP contribution in [0.2, 0.25) is 0 Å². The molecule has 0 aromatic heterocycles. The molecule has 0 aliphatic heterocycles. The second-order valence-corrected chi connectivity index (χ2v) is 4.87. The SMILES string of the molecule is COc1ccc(N(C)C2CCCC(O)C2O)cc1. The molecule has 1 fully saturated rings. The molecule has 2 rings (SSSR count). The maximum absolute atomic E-state index is 10.1. The van der Waals surface area contributed by atoms with E-state index in [-0.39, 0.29) is 6.04 Å². The van der Waals surface area contributed by atoms with Crippen LogP contribution in [0.1, 0.15) is 19.3 Å². The zero-order valence-corrected chi connectivity index (χ0v) is 10.9. The van der Waals surface area contributed by atoms with E-state index in [0.717, 1.165) is 24.3 Å². The summed E-state index contributed by atoms with van der Waals surface area (Å²) in [6.45, 7) is 0. The monoisotopic (exact) mass is 251 g/mol. The van der Waals surface area contributed by atoms with E-state index < -0.39 is 12.2 Å². The van der Waals surface area contributed by atoms with Gasteiger partial charge in [-0.1, -0.05) is 0 Å². The minimum atomic E-state index is -0.675. The fraction of sp³-hybridized carbons (Fsp3) is 0.571. The highest BCUT2D eigenvalue weighted by molar-refractivity contribution is 5.49. The first-order chi connectivity index (χ1) is 8.63. The van der Waals surface area contributed by atoms with Gasteiger partial charge in [-0.05, 0) is 43.5 Å². The van der Waals surface area contributed by atoms with E-state index in [2.05, 4.69) is 0 Å². The highest BCUT2D eigenvalue weighted by atomic mass is 16.5. The first-order valence-electron chi connectivity index (χ1n) is 6.36. The number of ether oxygens (including phenoxy) is 1. The average Bonchev–Trinajstić information content (AvgIpc) is 2.41. The summed E-state index contributed by atoms with van der Waals surface area (Å²) in [4.78, 5) is 2.03. The van der Waals surface area contributed by atoms with Crippen molar-refractivity contribution in [3.8, 4) is 5.75 Å². The van der Waals surface area contributed by atoms with Crippen LogP contribution in [-0.4, -0.2) is 42.6 Å². The largest absolute Gasteiger partial charge is 0.497 e. The minimum absolute atomic E-state index is 0.0258. The van der Waals surface area contributed by atoms with E-state index in [1.165, 1.54) is 0 Å². The summed E-state index contributed by atoms with van der Waals surface area (Å²) in [7, 11) is 3.59. The third-order valence-corrected chi connectivity index (χ3v) is 3.77. The van der Waals surface area contributed by atoms with Crippen LogP contribution in [0, 0.1) is 0 Å². The lowest BCUT2D eigenvalue weighted by atomic mass is 9.89. The Morgan fingerprint density at radius 1 is 1.17 bits per heavy atom. The van der Waals surface area contributed by atoms with Crippen LogP contribution in [0.5, 0.6) is 5.75 Å². The summed E-state index contributed by atoms with van der Waals surface area (Å²) in [6, 6.07) is 7.70. The van der Waals surface area contributed by atoms with Crippen molar-refractivity contribution < 1.29 is 14.9 Å². The van der Waals surface area contributed by atoms with Gasteiger partial charge >= 0.3 is 0 Å². The molecule has 2 N–H and O–H groups in total. The molecule has 1 aliphatic rings. The number of hydrogen-bond donors (Lipinski definition) is 2. The van der Waals surface area contributed by atoms with Gasteiger partial charge in [0.1, 0.15) is 11.9 Å². The van der Waals surface area contributed by atoms with Gasteiger partial charge in [0.25, 0.3) is 0 Å². The van der Waals surface area contributed by atoms with Gasteiger partial charge in [-0.2, -0.15) is 0 Å². The van der Waals surface area contributed by atoms with Crippen molar-refractivity contribution in [1.29, 1.82) is 0 Å². The smallest absolute Gasteiger partial charge is 0.119 e. The molecule has 0 bridgehead atoms. The van der Waals surface area contributed by atoms with Crippen LogP contribution in [-0.2, 0) is 0 Å². The molecule has 1 aliphatic carbocycles. The fourth-order valence-electron chi connectivity index (χ4n) is 2.57. The topological polar surface area (TPSA) is 52.9 Å². The first kappa shape index (κ1) is 13.2. The van der Waals surface area contributed by atoms with Crippen molar-refractivity contribution in [2.75, 3.05) is 19.1 Å². The van der Waals surface area contributed by atoms with Crippen LogP contribution >= 0.6 is 0 Å². The van der Waals surface area contributed by atoms with Crippen molar-refractivity contribution in [1.82, 2.24) is 0 Å². The van der Waals surface area contributed by atoms with Gasteiger partial charge in [-0.25, -0.2) is 0 Å². The molecule has 0 radical (unpaired) electrons. The molecule has 0 spiro atoms. The van der Waals surface area contributed by atoms with Gasteiger partial charge in [0.2, 0.25) is 0 Å². The second kappa shape index (κ2) is 5.59. The number of likely N-dealkylation sites (N-methyl/N-ethyl adjacent to an activating group) is 1. The van der Waals surface area contributed by atoms with Crippen LogP contribution in [0.15, 0.2) is 24.3 Å². The Hall–Kier alpha value is -1.26.